The largest absolute Gasteiger partial charge is 0.355 e. The van der Waals surface area contributed by atoms with Crippen LogP contribution in [-0.2, 0) is 39.9 Å². The van der Waals surface area contributed by atoms with Gasteiger partial charge in [0.25, 0.3) is 0 Å². The van der Waals surface area contributed by atoms with Gasteiger partial charge in [0, 0.05) is 36.5 Å². The molecule has 0 unspecified atom stereocenters. The first-order valence-electron chi connectivity index (χ1n) is 19.1. The first kappa shape index (κ1) is 48.6. The smallest absolute Gasteiger partial charge is 0.243 e. The minimum absolute atomic E-state index is 0.0403. The lowest BCUT2D eigenvalue weighted by Gasteiger charge is -2.37. The van der Waals surface area contributed by atoms with Crippen LogP contribution in [0.1, 0.15) is 75.2 Å². The van der Waals surface area contributed by atoms with E-state index in [1.165, 1.54) is 0 Å². The molecule has 0 spiro atoms. The fraction of sp³-hybridized carbons (Fsp3) is 0.513. The third-order valence-electron chi connectivity index (χ3n) is 9.59. The number of rotatable bonds is 23. The van der Waals surface area contributed by atoms with Gasteiger partial charge in [-0.05, 0) is 75.8 Å². The van der Waals surface area contributed by atoms with Crippen molar-refractivity contribution in [3.05, 3.63) is 69.1 Å². The van der Waals surface area contributed by atoms with E-state index in [0.29, 0.717) is 57.2 Å². The van der Waals surface area contributed by atoms with E-state index in [1.807, 2.05) is 12.1 Å². The fourth-order valence-corrected chi connectivity index (χ4v) is 6.20. The molecule has 17 nitrogen and oxygen atoms in total. The Bertz CT molecular complexity index is 1890. The predicted molar refractivity (Wildman–Crippen MR) is 208 cm³/mol. The van der Waals surface area contributed by atoms with E-state index in [4.69, 9.17) is 26.6 Å². The van der Waals surface area contributed by atoms with Gasteiger partial charge in [-0.15, -0.1) is 6.42 Å². The van der Waals surface area contributed by atoms with Crippen molar-refractivity contribution in [1.82, 2.24) is 26.3 Å². The van der Waals surface area contributed by atoms with Crippen LogP contribution in [0.2, 0.25) is 0 Å². The van der Waals surface area contributed by atoms with Crippen LogP contribution in [0.15, 0.2) is 29.4 Å². The number of likely N-dealkylation sites (N-methyl/N-ethyl adjacent to an activating group) is 1. The summed E-state index contributed by atoms with van der Waals surface area (Å²) in [7, 11) is 3.50. The number of hydrogen-bond acceptors (Lipinski definition) is 10. The molecule has 326 valence electrons. The van der Waals surface area contributed by atoms with Crippen molar-refractivity contribution in [3.63, 3.8) is 0 Å². The zero-order valence-electron chi connectivity index (χ0n) is 33.3. The van der Waals surface area contributed by atoms with E-state index >= 15 is 0 Å². The molecule has 0 radical (unpaired) electrons. The molecule has 5 amide bonds. The number of amides is 5. The fourth-order valence-electron chi connectivity index (χ4n) is 6.20. The van der Waals surface area contributed by atoms with E-state index in [0.717, 1.165) is 18.4 Å². The molecule has 0 aromatic heterocycles. The van der Waals surface area contributed by atoms with Gasteiger partial charge in [-0.25, -0.2) is 23.0 Å². The highest BCUT2D eigenvalue weighted by molar-refractivity contribution is 6.05. The first-order chi connectivity index (χ1) is 28.7. The second-order valence-corrected chi connectivity index (χ2v) is 14.1. The highest BCUT2D eigenvalue weighted by Crippen LogP contribution is 2.39. The summed E-state index contributed by atoms with van der Waals surface area (Å²) >= 11 is 0. The maximum atomic E-state index is 14.8. The number of halogens is 4. The minimum atomic E-state index is -2.12. The molecule has 1 saturated heterocycles. The molecule has 6 N–H and O–H groups in total. The number of anilines is 1. The first-order valence-corrected chi connectivity index (χ1v) is 19.1. The van der Waals surface area contributed by atoms with Gasteiger partial charge in [0.2, 0.25) is 29.5 Å². The standard InChI is InChI=1S/C39H49F4N9O8/c1-4-19-46-37(56)39(22-59-36(60-23-39)29-30(40)32(42)34(49-51-44)33(43)31(29)41)38(57)47-20-10-9-11-26(52(2)3)35(55)45-21-18-24-14-16-25(17-15-24)48-27(53)12-7-5-6-8-13-28(54)50-58/h1,14-17,26,36,58H,5-13,18-23H2,2-3H3,(H,45,55)(H,46,56)(H,47,57)(H,48,53)(H,50,54)/t26-,36?,39?/m1/s1. The van der Waals surface area contributed by atoms with Crippen LogP contribution >= 0.6 is 0 Å². The summed E-state index contributed by atoms with van der Waals surface area (Å²) in [5.74, 6) is -8.33. The number of nitrogens with one attached hydrogen (secondary N) is 5. The van der Waals surface area contributed by atoms with Gasteiger partial charge >= 0.3 is 0 Å². The zero-order valence-corrected chi connectivity index (χ0v) is 33.3. The quantitative estimate of drug-likeness (QED) is 0.00891. The van der Waals surface area contributed by atoms with Gasteiger partial charge in [0.15, 0.2) is 35.0 Å². The van der Waals surface area contributed by atoms with Crippen molar-refractivity contribution >= 4 is 40.9 Å². The third kappa shape index (κ3) is 13.6. The van der Waals surface area contributed by atoms with E-state index in [2.05, 4.69) is 37.2 Å². The van der Waals surface area contributed by atoms with E-state index in [-0.39, 0.29) is 31.3 Å². The second-order valence-electron chi connectivity index (χ2n) is 14.1. The van der Waals surface area contributed by atoms with Crippen molar-refractivity contribution in [3.8, 4) is 12.3 Å². The van der Waals surface area contributed by atoms with Crippen molar-refractivity contribution in [2.24, 2.45) is 10.5 Å². The molecule has 1 aliphatic rings. The number of carbonyl (C=O) groups is 5. The van der Waals surface area contributed by atoms with Crippen molar-refractivity contribution in [2.45, 2.75) is 76.5 Å². The molecule has 2 aromatic carbocycles. The molecule has 60 heavy (non-hydrogen) atoms. The minimum Gasteiger partial charge on any atom is -0.355 e. The average Bonchev–Trinajstić information content (AvgIpc) is 3.23. The summed E-state index contributed by atoms with van der Waals surface area (Å²) in [4.78, 5) is 66.9. The Morgan fingerprint density at radius 3 is 2.05 bits per heavy atom. The molecular weight excluding hydrogens is 798 g/mol. The molecule has 1 atom stereocenters. The zero-order chi connectivity index (χ0) is 44.2. The Morgan fingerprint density at radius 2 is 1.48 bits per heavy atom. The van der Waals surface area contributed by atoms with Gasteiger partial charge in [-0.1, -0.05) is 36.0 Å². The summed E-state index contributed by atoms with van der Waals surface area (Å²) in [6.45, 7) is -1.56. The highest BCUT2D eigenvalue weighted by atomic mass is 19.2. The number of hydroxylamine groups is 1. The summed E-state index contributed by atoms with van der Waals surface area (Å²) in [6.07, 6.45) is 8.36. The molecule has 3 rings (SSSR count). The van der Waals surface area contributed by atoms with Gasteiger partial charge in [-0.3, -0.25) is 34.1 Å². The van der Waals surface area contributed by atoms with Crippen LogP contribution in [0, 0.1) is 41.0 Å². The van der Waals surface area contributed by atoms with Gasteiger partial charge < -0.3 is 30.7 Å². The van der Waals surface area contributed by atoms with E-state index in [1.54, 1.807) is 36.6 Å². The van der Waals surface area contributed by atoms with Crippen LogP contribution in [0.25, 0.3) is 10.4 Å². The number of nitrogens with zero attached hydrogens (tertiary/aromatic N) is 4. The van der Waals surface area contributed by atoms with E-state index in [9.17, 15) is 41.5 Å². The Morgan fingerprint density at radius 1 is 0.883 bits per heavy atom. The molecule has 1 heterocycles. The van der Waals surface area contributed by atoms with Crippen molar-refractivity contribution in [2.75, 3.05) is 52.3 Å². The van der Waals surface area contributed by atoms with Crippen LogP contribution in [-0.4, -0.2) is 92.6 Å². The third-order valence-corrected chi connectivity index (χ3v) is 9.59. The van der Waals surface area contributed by atoms with Crippen LogP contribution < -0.4 is 26.7 Å². The number of terminal acetylenes is 1. The molecule has 1 fully saturated rings. The summed E-state index contributed by atoms with van der Waals surface area (Å²) < 4.78 is 69.0. The van der Waals surface area contributed by atoms with Crippen LogP contribution in [0.5, 0.6) is 0 Å². The van der Waals surface area contributed by atoms with Crippen LogP contribution in [0.3, 0.4) is 0 Å². The maximum absolute atomic E-state index is 14.8. The number of hydrogen-bond donors (Lipinski definition) is 6. The predicted octanol–water partition coefficient (Wildman–Crippen LogP) is 4.33. The Balaban J connectivity index is 1.46. The lowest BCUT2D eigenvalue weighted by atomic mass is 9.86. The number of benzene rings is 2. The normalized spacial score (nSPS) is 16.5. The van der Waals surface area contributed by atoms with Crippen molar-refractivity contribution < 1.29 is 56.2 Å². The molecule has 1 aliphatic heterocycles. The second kappa shape index (κ2) is 24.3. The Labute approximate surface area is 343 Å². The van der Waals surface area contributed by atoms with Crippen LogP contribution in [0.4, 0.5) is 28.9 Å². The van der Waals surface area contributed by atoms with Gasteiger partial charge in [0.1, 0.15) is 5.69 Å². The summed E-state index contributed by atoms with van der Waals surface area (Å²) in [5.41, 5.74) is 6.66. The molecule has 21 heteroatoms. The lowest BCUT2D eigenvalue weighted by molar-refractivity contribution is -0.231. The van der Waals surface area contributed by atoms with Gasteiger partial charge in [0.05, 0.1) is 31.4 Å². The molecule has 0 saturated carbocycles. The molecule has 0 aliphatic carbocycles. The van der Waals surface area contributed by atoms with Gasteiger partial charge in [-0.2, -0.15) is 0 Å². The SMILES string of the molecule is C#CCNC(=O)C1(C(=O)NCCCC[C@H](C(=O)NCCc2ccc(NC(=O)CCCCCCC(=O)NO)cc2)N(C)C)COC(c2c(F)c(F)c(N=[N+]=[N-])c(F)c2F)OC1. The lowest BCUT2D eigenvalue weighted by Crippen LogP contribution is -2.59. The maximum Gasteiger partial charge on any atom is 0.243 e. The Kier molecular flexibility index (Phi) is 19.7. The average molecular weight is 848 g/mol. The summed E-state index contributed by atoms with van der Waals surface area (Å²) in [6, 6.07) is 6.76. The monoisotopic (exact) mass is 847 g/mol. The number of azide groups is 1. The highest BCUT2D eigenvalue weighted by Gasteiger charge is 2.51. The number of carbonyl (C=O) groups excluding carboxylic acids is 5. The van der Waals surface area contributed by atoms with Crippen molar-refractivity contribution in [1.29, 1.82) is 0 Å². The topological polar surface area (TPSA) is 236 Å². The van der Waals surface area contributed by atoms with E-state index < -0.39 is 83.2 Å². The Hall–Kier alpha value is -5.78. The number of unbranched alkanes of at least 4 members (excludes halogenated alkanes) is 4. The molecular formula is C39H49F4N9O8. The number of ether oxygens (including phenoxy) is 2. The molecule has 0 bridgehead atoms. The molecule has 2 aromatic rings. The summed E-state index contributed by atoms with van der Waals surface area (Å²) in [5, 5.41) is 21.9.